The van der Waals surface area contributed by atoms with Crippen molar-refractivity contribution in [1.29, 1.82) is 0 Å². The van der Waals surface area contributed by atoms with Crippen LogP contribution in [0.1, 0.15) is 22.9 Å². The molecule has 0 saturated heterocycles. The highest BCUT2D eigenvalue weighted by Crippen LogP contribution is 2.37. The minimum atomic E-state index is -0.267. The predicted octanol–water partition coefficient (Wildman–Crippen LogP) is 10.4. The summed E-state index contributed by atoms with van der Waals surface area (Å²) in [6.45, 7) is 0. The Morgan fingerprint density at radius 1 is 0.566 bits per heavy atom. The maximum atomic E-state index is 12.6. The number of fused-ring (bicyclic) bond motifs is 6. The van der Waals surface area contributed by atoms with Crippen LogP contribution in [-0.4, -0.2) is 14.8 Å². The third kappa shape index (κ3) is 5.18. The molecule has 6 heteroatoms. The predicted molar refractivity (Wildman–Crippen MR) is 217 cm³/mol. The van der Waals surface area contributed by atoms with Gasteiger partial charge in [0.25, 0.3) is 0 Å². The summed E-state index contributed by atoms with van der Waals surface area (Å²) >= 11 is 0. The largest absolute Gasteiger partial charge is 0.455 e. The Bertz CT molecular complexity index is 3030. The number of aryl methyl sites for hydroxylation is 2. The Kier molecular flexibility index (Phi) is 7.05. The lowest BCUT2D eigenvalue weighted by molar-refractivity contribution is 0.664. The van der Waals surface area contributed by atoms with Crippen LogP contribution in [0.25, 0.3) is 71.7 Å². The van der Waals surface area contributed by atoms with Crippen LogP contribution in [0.3, 0.4) is 0 Å². The molecule has 0 saturated carbocycles. The number of nitrogens with zero attached hydrogens (tertiary/aromatic N) is 3. The van der Waals surface area contributed by atoms with E-state index in [1.54, 1.807) is 9.13 Å². The number of imidazole rings is 1. The van der Waals surface area contributed by atoms with E-state index in [1.165, 1.54) is 5.39 Å². The van der Waals surface area contributed by atoms with Crippen LogP contribution in [0.4, 0.5) is 0 Å². The Labute approximate surface area is 305 Å². The molecule has 3 heterocycles. The molecule has 1 unspecified atom stereocenters. The highest BCUT2D eigenvalue weighted by atomic mass is 16.3. The van der Waals surface area contributed by atoms with Gasteiger partial charge in [-0.25, -0.2) is 4.79 Å². The Morgan fingerprint density at radius 2 is 1.25 bits per heavy atom. The first kappa shape index (κ1) is 30.9. The number of rotatable bonds is 5. The second-order valence-corrected chi connectivity index (χ2v) is 13.8. The molecule has 1 aliphatic heterocycles. The van der Waals surface area contributed by atoms with E-state index in [9.17, 15) is 4.79 Å². The number of furan rings is 1. The minimum Gasteiger partial charge on any atom is -0.455 e. The van der Waals surface area contributed by atoms with E-state index in [0.717, 1.165) is 88.7 Å². The maximum absolute atomic E-state index is 12.6. The first-order chi connectivity index (χ1) is 26.0. The minimum absolute atomic E-state index is 0.0328. The monoisotopic (exact) mass is 686 g/mol. The van der Waals surface area contributed by atoms with Crippen molar-refractivity contribution in [3.05, 3.63) is 185 Å². The zero-order valence-electron chi connectivity index (χ0n) is 29.2. The molecule has 53 heavy (non-hydrogen) atoms. The van der Waals surface area contributed by atoms with Crippen molar-refractivity contribution >= 4 is 55.2 Å². The van der Waals surface area contributed by atoms with Crippen LogP contribution >= 0.6 is 0 Å². The molecule has 0 spiro atoms. The van der Waals surface area contributed by atoms with Gasteiger partial charge < -0.3 is 9.73 Å². The van der Waals surface area contributed by atoms with E-state index in [4.69, 9.17) is 9.41 Å². The van der Waals surface area contributed by atoms with Crippen molar-refractivity contribution in [3.8, 4) is 22.3 Å². The Morgan fingerprint density at radius 3 is 2.09 bits per heavy atom. The van der Waals surface area contributed by atoms with Gasteiger partial charge in [0.05, 0.1) is 16.7 Å². The molecule has 0 aliphatic carbocycles. The second kappa shape index (κ2) is 12.1. The van der Waals surface area contributed by atoms with Gasteiger partial charge in [0.15, 0.2) is 0 Å². The van der Waals surface area contributed by atoms with Crippen molar-refractivity contribution in [2.24, 2.45) is 19.1 Å². The molecule has 7 aromatic carbocycles. The number of nitrogens with one attached hydrogen (secondary N) is 1. The molecule has 9 aromatic rings. The quantitative estimate of drug-likeness (QED) is 0.196. The molecule has 1 N–H and O–H groups in total. The van der Waals surface area contributed by atoms with E-state index < -0.39 is 0 Å². The molecule has 0 fully saturated rings. The number of aromatic nitrogens is 2. The first-order valence-corrected chi connectivity index (χ1v) is 17.8. The summed E-state index contributed by atoms with van der Waals surface area (Å²) in [7, 11) is 3.63. The fourth-order valence-corrected chi connectivity index (χ4v) is 7.75. The highest BCUT2D eigenvalue weighted by molar-refractivity contribution is 6.16. The first-order valence-electron chi connectivity index (χ1n) is 17.8. The molecule has 2 aromatic heterocycles. The molecular weight excluding hydrogens is 653 g/mol. The van der Waals surface area contributed by atoms with E-state index in [2.05, 4.69) is 151 Å². The van der Waals surface area contributed by atoms with Crippen molar-refractivity contribution in [2.75, 3.05) is 0 Å². The SMILES string of the molecule is Cn1c(=O)n(C)c2cc(-c3cccc(C4=CC(c5cccc(-c6ccc7oc8c9ccccc9ccc8c7c6)c5)=NC(c5ccccc5)N4)c3)ccc21. The fourth-order valence-electron chi connectivity index (χ4n) is 7.75. The topological polar surface area (TPSA) is 64.5 Å². The van der Waals surface area contributed by atoms with Gasteiger partial charge in [0.1, 0.15) is 17.3 Å². The lowest BCUT2D eigenvalue weighted by Gasteiger charge is -2.25. The second-order valence-electron chi connectivity index (χ2n) is 13.8. The molecule has 0 amide bonds. The van der Waals surface area contributed by atoms with Gasteiger partial charge in [-0.1, -0.05) is 109 Å². The van der Waals surface area contributed by atoms with E-state index >= 15 is 0 Å². The van der Waals surface area contributed by atoms with Gasteiger partial charge in [-0.3, -0.25) is 14.1 Å². The van der Waals surface area contributed by atoms with Crippen LogP contribution in [0.5, 0.6) is 0 Å². The number of aliphatic imine (C=N–C) groups is 1. The lowest BCUT2D eigenvalue weighted by Crippen LogP contribution is -2.24. The molecule has 254 valence electrons. The zero-order valence-corrected chi connectivity index (χ0v) is 29.2. The maximum Gasteiger partial charge on any atom is 0.328 e. The van der Waals surface area contributed by atoms with Gasteiger partial charge >= 0.3 is 5.69 Å². The highest BCUT2D eigenvalue weighted by Gasteiger charge is 2.21. The van der Waals surface area contributed by atoms with Crippen molar-refractivity contribution < 1.29 is 4.42 Å². The van der Waals surface area contributed by atoms with Gasteiger partial charge in [0.2, 0.25) is 0 Å². The van der Waals surface area contributed by atoms with Crippen LogP contribution in [0.15, 0.2) is 172 Å². The molecule has 1 atom stereocenters. The average molecular weight is 687 g/mol. The number of allylic oxidation sites excluding steroid dienone is 1. The molecule has 1 aliphatic rings. The normalized spacial score (nSPS) is 14.5. The fraction of sp³-hybridized carbons (Fsp3) is 0.0638. The zero-order chi connectivity index (χ0) is 35.6. The number of hydrogen-bond donors (Lipinski definition) is 1. The van der Waals surface area contributed by atoms with E-state index in [1.807, 2.05) is 26.2 Å². The van der Waals surface area contributed by atoms with Gasteiger partial charge in [-0.15, -0.1) is 0 Å². The van der Waals surface area contributed by atoms with Crippen molar-refractivity contribution in [1.82, 2.24) is 14.5 Å². The summed E-state index contributed by atoms with van der Waals surface area (Å²) in [5, 5.41) is 8.24. The molecule has 6 nitrogen and oxygen atoms in total. The summed E-state index contributed by atoms with van der Waals surface area (Å²) in [4.78, 5) is 17.9. The Balaban J connectivity index is 1.05. The number of benzene rings is 7. The summed E-state index contributed by atoms with van der Waals surface area (Å²) in [5.74, 6) is 0. The third-order valence-electron chi connectivity index (χ3n) is 10.6. The summed E-state index contributed by atoms with van der Waals surface area (Å²) in [5.41, 5.74) is 13.0. The van der Waals surface area contributed by atoms with Crippen LogP contribution in [0, 0.1) is 0 Å². The molecule has 0 bridgehead atoms. The molecule has 0 radical (unpaired) electrons. The van der Waals surface area contributed by atoms with Gasteiger partial charge in [-0.2, -0.15) is 0 Å². The van der Waals surface area contributed by atoms with Crippen LogP contribution in [0.2, 0.25) is 0 Å². The van der Waals surface area contributed by atoms with Gasteiger partial charge in [-0.05, 0) is 87.3 Å². The lowest BCUT2D eigenvalue weighted by atomic mass is 9.96. The van der Waals surface area contributed by atoms with Crippen LogP contribution < -0.4 is 11.0 Å². The third-order valence-corrected chi connectivity index (χ3v) is 10.6. The van der Waals surface area contributed by atoms with E-state index in [-0.39, 0.29) is 11.9 Å². The van der Waals surface area contributed by atoms with Crippen molar-refractivity contribution in [2.45, 2.75) is 6.17 Å². The smallest absolute Gasteiger partial charge is 0.328 e. The summed E-state index contributed by atoms with van der Waals surface area (Å²) in [6, 6.07) is 52.9. The summed E-state index contributed by atoms with van der Waals surface area (Å²) < 4.78 is 9.79. The average Bonchev–Trinajstić information content (AvgIpc) is 3.71. The number of hydrogen-bond acceptors (Lipinski definition) is 4. The molecule has 10 rings (SSSR count). The Hall–Kier alpha value is -6.92. The van der Waals surface area contributed by atoms with Crippen LogP contribution in [-0.2, 0) is 14.1 Å². The van der Waals surface area contributed by atoms with Gasteiger partial charge in [0, 0.05) is 41.5 Å². The molecular formula is C47H34N4O2. The summed E-state index contributed by atoms with van der Waals surface area (Å²) in [6.07, 6.45) is 1.89. The van der Waals surface area contributed by atoms with E-state index in [0.29, 0.717) is 0 Å². The standard InChI is InChI=1S/C47H34N4O2/c1-50-42-22-19-34(27-43(42)51(2)47(50)52)32-14-9-16-36(25-32)41-28-40(48-46(49-41)30-11-4-3-5-12-30)35-15-8-13-31(24-35)33-20-23-44-39(26-33)38-21-18-29-10-6-7-17-37(29)45(38)53-44/h3-28,46,49H,1-2H3. The van der Waals surface area contributed by atoms with Crippen molar-refractivity contribution in [3.63, 3.8) is 0 Å².